The predicted molar refractivity (Wildman–Crippen MR) is 199 cm³/mol. The summed E-state index contributed by atoms with van der Waals surface area (Å²) in [6.45, 7) is 3.02. The minimum absolute atomic E-state index is 0. The zero-order chi connectivity index (χ0) is 36.1. The van der Waals surface area contributed by atoms with Crippen molar-refractivity contribution in [2.24, 2.45) is 0 Å². The third-order valence-electron chi connectivity index (χ3n) is 8.36. The molecule has 0 amide bonds. The number of nitriles is 1. The summed E-state index contributed by atoms with van der Waals surface area (Å²) in [4.78, 5) is 24.3. The summed E-state index contributed by atoms with van der Waals surface area (Å²) in [6.07, 6.45) is -1.01. The summed E-state index contributed by atoms with van der Waals surface area (Å²) in [6, 6.07) is 50.6. The third-order valence-corrected chi connectivity index (χ3v) is 8.36. The van der Waals surface area contributed by atoms with Crippen LogP contribution in [0.1, 0.15) is 34.7 Å². The largest absolute Gasteiger partial charge is 0.384 e. The molecule has 0 heterocycles. The quantitative estimate of drug-likeness (QED) is 0.0304. The first kappa shape index (κ1) is 42.9. The second-order valence-electron chi connectivity index (χ2n) is 12.3. The number of carbonyl (C=O) groups is 1. The first-order chi connectivity index (χ1) is 24.9. The average molecular weight is 913 g/mol. The number of Topliss-reactive ketones (excluding diaryl/α,β-unsaturated/α-hetero) is 1. The second kappa shape index (κ2) is 24.7. The summed E-state index contributed by atoms with van der Waals surface area (Å²) >= 11 is 0. The molecule has 0 aliphatic carbocycles. The van der Waals surface area contributed by atoms with Gasteiger partial charge in [-0.15, -0.1) is 0 Å². The van der Waals surface area contributed by atoms with Crippen LogP contribution >= 0.6 is 0 Å². The number of aliphatic hydroxyl groups excluding tert-OH is 2. The van der Waals surface area contributed by atoms with Crippen molar-refractivity contribution in [1.82, 2.24) is 10.2 Å². The molecule has 5 rings (SSSR count). The maximum Gasteiger partial charge on any atom is 0.159 e. The molecule has 4 unspecified atom stereocenters. The minimum atomic E-state index is -1.16. The molecule has 0 spiro atoms. The van der Waals surface area contributed by atoms with Crippen LogP contribution in [0.4, 0.5) is 0 Å². The van der Waals surface area contributed by atoms with Crippen molar-refractivity contribution in [3.8, 4) is 6.07 Å². The van der Waals surface area contributed by atoms with Gasteiger partial charge in [0.05, 0.1) is 12.1 Å². The van der Waals surface area contributed by atoms with Crippen molar-refractivity contribution < 1.29 is 68.8 Å². The fourth-order valence-corrected chi connectivity index (χ4v) is 5.54. The summed E-state index contributed by atoms with van der Waals surface area (Å²) in [5.41, 5.74) is 5.34. The van der Waals surface area contributed by atoms with Crippen LogP contribution in [-0.2, 0) is 47.1 Å². The van der Waals surface area contributed by atoms with E-state index < -0.39 is 18.2 Å². The van der Waals surface area contributed by atoms with E-state index in [0.717, 1.165) is 27.8 Å². The van der Waals surface area contributed by atoms with Crippen LogP contribution in [0.15, 0.2) is 152 Å². The van der Waals surface area contributed by atoms with Gasteiger partial charge in [-0.3, -0.25) is 9.69 Å². The molecule has 0 aliphatic heterocycles. The Morgan fingerprint density at radius 1 is 0.673 bits per heavy atom. The molecule has 1 radical (unpaired) electrons. The second-order valence-corrected chi connectivity index (χ2v) is 12.3. The average Bonchev–Trinajstić information content (AvgIpc) is 3.18. The van der Waals surface area contributed by atoms with Crippen molar-refractivity contribution in [3.05, 3.63) is 179 Å². The van der Waals surface area contributed by atoms with Crippen molar-refractivity contribution in [1.29, 1.82) is 5.26 Å². The van der Waals surface area contributed by atoms with E-state index in [9.17, 15) is 20.3 Å². The van der Waals surface area contributed by atoms with E-state index in [0.29, 0.717) is 32.5 Å². The Balaban J connectivity index is 0.000000292. The molecule has 0 saturated carbocycles. The fraction of sp³-hybridized carbons (Fsp3) is 0.256. The van der Waals surface area contributed by atoms with Crippen molar-refractivity contribution >= 4 is 5.78 Å². The van der Waals surface area contributed by atoms with E-state index in [2.05, 4.69) is 5.32 Å². The van der Waals surface area contributed by atoms with Gasteiger partial charge in [0.1, 0.15) is 19.4 Å². The van der Waals surface area contributed by atoms with Crippen LogP contribution in [0, 0.1) is 55.4 Å². The molecule has 5 aromatic carbocycles. The fourth-order valence-electron chi connectivity index (χ4n) is 5.54. The number of rotatable bonds is 18. The number of carbonyl (C=O) groups excluding carboxylic acids is 1. The summed E-state index contributed by atoms with van der Waals surface area (Å²) in [5, 5.41) is 33.3. The Morgan fingerprint density at radius 3 is 1.60 bits per heavy atom. The zero-order valence-electron chi connectivity index (χ0n) is 29.6. The number of hydrogen-bond acceptors (Lipinski definition) is 8. The number of benzene rings is 5. The maximum absolute atomic E-state index is 11.5. The van der Waals surface area contributed by atoms with Crippen LogP contribution < -0.4 is 5.32 Å². The van der Waals surface area contributed by atoms with E-state index in [-0.39, 0.29) is 62.6 Å². The van der Waals surface area contributed by atoms with E-state index in [1.54, 1.807) is 0 Å². The van der Waals surface area contributed by atoms with Crippen LogP contribution in [0.2, 0.25) is 0 Å². The number of nitrogens with one attached hydrogen (secondary N) is 1. The van der Waals surface area contributed by atoms with Gasteiger partial charge in [0.2, 0.25) is 0 Å². The van der Waals surface area contributed by atoms with Gasteiger partial charge in [0.15, 0.2) is 11.9 Å². The van der Waals surface area contributed by atoms with Crippen LogP contribution in [0.3, 0.4) is 0 Å². The third kappa shape index (κ3) is 15.6. The minimum Gasteiger partial charge on any atom is -0.384 e. The van der Waals surface area contributed by atoms with Gasteiger partial charge >= 0.3 is 0 Å². The Hall–Kier alpha value is -3.54. The Labute approximate surface area is 343 Å². The molecule has 0 aliphatic rings. The number of ketones is 1. The monoisotopic (exact) mass is 912 g/mol. The van der Waals surface area contributed by atoms with Crippen molar-refractivity contribution in [3.63, 3.8) is 0 Å². The molecule has 0 fully saturated rings. The summed E-state index contributed by atoms with van der Waals surface area (Å²) < 4.78 is 0. The van der Waals surface area contributed by atoms with Crippen molar-refractivity contribution in [2.75, 3.05) is 6.73 Å². The number of nitrogens with zero attached hydrogens (tertiary/aromatic N) is 2. The number of aliphatic hydroxyl groups is 2. The summed E-state index contributed by atoms with van der Waals surface area (Å²) in [7, 11) is 0. The SMILES string of the molecule is CC(=O)C(O)C(Cc1ccccc1)NCc1ccccc1.N#CC(O)C(Cc1ccccc1)N(COOCc1ccccc1)Cc1ccccc1.[Ac]. The Bertz CT molecular complexity index is 1710. The molecule has 3 N–H and O–H groups in total. The summed E-state index contributed by atoms with van der Waals surface area (Å²) in [5.74, 6) is -0.212. The molecule has 4 atom stereocenters. The molecule has 0 bridgehead atoms. The topological polar surface area (TPSA) is 115 Å². The van der Waals surface area contributed by atoms with Crippen molar-refractivity contribution in [2.45, 2.75) is 63.8 Å². The van der Waals surface area contributed by atoms with E-state index >= 15 is 0 Å². The van der Waals surface area contributed by atoms with Gasteiger partial charge in [-0.05, 0) is 47.6 Å². The maximum atomic E-state index is 11.5. The molecular formula is C43H47AcN3O5. The number of hydrogen-bond donors (Lipinski definition) is 3. The standard InChI is InChI=1S/C25H26N2O3.C18H21NO2.Ac/c26-17-25(28)24(16-21-10-4-1-5-11-21)27(18-22-12-6-2-7-13-22)20-30-29-19-23-14-8-3-9-15-23;1-14(20)18(21)17(12-15-8-4-2-5-9-15)19-13-16-10-6-3-7-11-16;/h1-15,24-25,28H,16,18-20H2;2-11,17-19,21H,12-13H2,1H3;. The van der Waals surface area contributed by atoms with Gasteiger partial charge in [0, 0.05) is 63.2 Å². The van der Waals surface area contributed by atoms with Gasteiger partial charge < -0.3 is 15.5 Å². The Morgan fingerprint density at radius 2 is 1.12 bits per heavy atom. The van der Waals surface area contributed by atoms with Gasteiger partial charge in [-0.25, -0.2) is 9.78 Å². The molecule has 0 aromatic heterocycles. The van der Waals surface area contributed by atoms with E-state index in [4.69, 9.17) is 9.78 Å². The van der Waals surface area contributed by atoms with Crippen LogP contribution in [0.25, 0.3) is 0 Å². The molecular weight excluding hydrogens is 865 g/mol. The van der Waals surface area contributed by atoms with E-state index in [1.807, 2.05) is 163 Å². The predicted octanol–water partition coefficient (Wildman–Crippen LogP) is 6.43. The molecule has 52 heavy (non-hydrogen) atoms. The zero-order valence-corrected chi connectivity index (χ0v) is 34.3. The van der Waals surface area contributed by atoms with Crippen LogP contribution in [-0.4, -0.2) is 51.9 Å². The molecule has 0 saturated heterocycles. The first-order valence-electron chi connectivity index (χ1n) is 17.1. The Kier molecular flexibility index (Phi) is 20.3. The van der Waals surface area contributed by atoms with Gasteiger partial charge in [-0.1, -0.05) is 152 Å². The molecule has 267 valence electrons. The molecule has 5 aromatic rings. The van der Waals surface area contributed by atoms with E-state index in [1.165, 1.54) is 6.92 Å². The molecule has 9 heteroatoms. The van der Waals surface area contributed by atoms with Gasteiger partial charge in [-0.2, -0.15) is 5.26 Å². The normalized spacial score (nSPS) is 13.0. The first-order valence-corrected chi connectivity index (χ1v) is 17.1. The van der Waals surface area contributed by atoms with Crippen LogP contribution in [0.5, 0.6) is 0 Å². The van der Waals surface area contributed by atoms with Gasteiger partial charge in [0.25, 0.3) is 0 Å². The smallest absolute Gasteiger partial charge is 0.159 e. The molecule has 8 nitrogen and oxygen atoms in total.